The fourth-order valence-corrected chi connectivity index (χ4v) is 4.71. The number of piperazine rings is 1. The van der Waals surface area contributed by atoms with Crippen LogP contribution in [0.4, 0.5) is 24.9 Å². The second-order valence-electron chi connectivity index (χ2n) is 9.19. The zero-order valence-electron chi connectivity index (χ0n) is 20.8. The number of anilines is 2. The molecule has 3 heterocycles. The molecule has 0 unspecified atom stereocenters. The minimum atomic E-state index is -4.44. The second kappa shape index (κ2) is 10.3. The minimum Gasteiger partial charge on any atom is -0.364 e. The molecule has 1 aliphatic rings. The predicted octanol–water partition coefficient (Wildman–Crippen LogP) is 5.75. The van der Waals surface area contributed by atoms with Crippen molar-refractivity contribution < 1.29 is 13.2 Å². The number of hydrogen-bond acceptors (Lipinski definition) is 5. The highest BCUT2D eigenvalue weighted by atomic mass is 19.4. The van der Waals surface area contributed by atoms with E-state index in [2.05, 4.69) is 27.4 Å². The van der Waals surface area contributed by atoms with Gasteiger partial charge in [0, 0.05) is 56.6 Å². The molecule has 0 amide bonds. The van der Waals surface area contributed by atoms with Crippen LogP contribution in [0.5, 0.6) is 0 Å². The minimum absolute atomic E-state index is 0.0230. The van der Waals surface area contributed by atoms with E-state index in [0.29, 0.717) is 17.1 Å². The molecule has 2 N–H and O–H groups in total. The topological polar surface area (TPSA) is 58.0 Å². The van der Waals surface area contributed by atoms with Crippen molar-refractivity contribution in [3.8, 4) is 22.5 Å². The third-order valence-electron chi connectivity index (χ3n) is 6.63. The van der Waals surface area contributed by atoms with Crippen LogP contribution in [0, 0.1) is 0 Å². The second-order valence-corrected chi connectivity index (χ2v) is 9.19. The summed E-state index contributed by atoms with van der Waals surface area (Å²) in [5, 5.41) is 6.77. The van der Waals surface area contributed by atoms with Crippen molar-refractivity contribution in [2.75, 3.05) is 36.4 Å². The number of halogens is 3. The summed E-state index contributed by atoms with van der Waals surface area (Å²) in [6.45, 7) is 5.24. The molecule has 6 nitrogen and oxygen atoms in total. The van der Waals surface area contributed by atoms with Crippen LogP contribution in [0.3, 0.4) is 0 Å². The highest BCUT2D eigenvalue weighted by Crippen LogP contribution is 2.38. The van der Waals surface area contributed by atoms with E-state index >= 15 is 0 Å². The highest BCUT2D eigenvalue weighted by molar-refractivity contribution is 5.82. The lowest BCUT2D eigenvalue weighted by Gasteiger charge is -2.28. The molecule has 37 heavy (non-hydrogen) atoms. The summed E-state index contributed by atoms with van der Waals surface area (Å²) in [4.78, 5) is 11.6. The standard InChI is InChI=1S/C28H29F3N6/c1-19(20-7-4-3-5-8-20)34-24-18-22(11-12-33-24)26-25(21-9-6-10-23(17-21)28(29,30)31)35-27(36(26)2)37-15-13-32-14-16-37/h3-12,17-19,32H,13-16H2,1-2H3,(H,33,34)/t19-/m0/s1. The summed E-state index contributed by atoms with van der Waals surface area (Å²) >= 11 is 0. The molecule has 9 heteroatoms. The van der Waals surface area contributed by atoms with Gasteiger partial charge in [0.2, 0.25) is 5.95 Å². The van der Waals surface area contributed by atoms with Crippen LogP contribution in [0.15, 0.2) is 72.9 Å². The Kier molecular flexibility index (Phi) is 6.88. The van der Waals surface area contributed by atoms with Crippen molar-refractivity contribution in [3.05, 3.63) is 84.1 Å². The number of nitrogens with one attached hydrogen (secondary N) is 2. The Hall–Kier alpha value is -3.85. The lowest BCUT2D eigenvalue weighted by atomic mass is 10.0. The number of nitrogens with zero attached hydrogens (tertiary/aromatic N) is 4. The fraction of sp³-hybridized carbons (Fsp3) is 0.286. The average Bonchev–Trinajstić information content (AvgIpc) is 3.26. The molecule has 0 spiro atoms. The maximum atomic E-state index is 13.5. The normalized spacial score (nSPS) is 15.0. The van der Waals surface area contributed by atoms with Gasteiger partial charge in [-0.25, -0.2) is 9.97 Å². The third-order valence-corrected chi connectivity index (χ3v) is 6.63. The van der Waals surface area contributed by atoms with E-state index in [9.17, 15) is 13.2 Å². The van der Waals surface area contributed by atoms with Crippen molar-refractivity contribution in [1.29, 1.82) is 0 Å². The van der Waals surface area contributed by atoms with Crippen LogP contribution in [0.1, 0.15) is 24.1 Å². The first-order valence-electron chi connectivity index (χ1n) is 12.3. The summed E-state index contributed by atoms with van der Waals surface area (Å²) in [5.41, 5.74) is 2.92. The number of rotatable bonds is 6. The summed E-state index contributed by atoms with van der Waals surface area (Å²) in [5.74, 6) is 1.40. The van der Waals surface area contributed by atoms with Gasteiger partial charge in [0.15, 0.2) is 0 Å². The van der Waals surface area contributed by atoms with Gasteiger partial charge < -0.3 is 20.1 Å². The highest BCUT2D eigenvalue weighted by Gasteiger charge is 2.31. The van der Waals surface area contributed by atoms with Gasteiger partial charge in [-0.2, -0.15) is 13.2 Å². The first kappa shape index (κ1) is 24.8. The summed E-state index contributed by atoms with van der Waals surface area (Å²) in [7, 11) is 1.91. The van der Waals surface area contributed by atoms with Gasteiger partial charge in [0.1, 0.15) is 5.82 Å². The van der Waals surface area contributed by atoms with Crippen molar-refractivity contribution in [2.24, 2.45) is 7.05 Å². The molecular weight excluding hydrogens is 477 g/mol. The maximum Gasteiger partial charge on any atom is 0.416 e. The van der Waals surface area contributed by atoms with Crippen LogP contribution in [0.25, 0.3) is 22.5 Å². The smallest absolute Gasteiger partial charge is 0.364 e. The van der Waals surface area contributed by atoms with E-state index in [4.69, 9.17) is 4.98 Å². The molecule has 2 aromatic heterocycles. The molecule has 0 bridgehead atoms. The third kappa shape index (κ3) is 5.32. The molecular formula is C28H29F3N6. The summed E-state index contributed by atoms with van der Waals surface area (Å²) in [6.07, 6.45) is -2.73. The van der Waals surface area contributed by atoms with Crippen LogP contribution in [-0.2, 0) is 13.2 Å². The molecule has 1 atom stereocenters. The van der Waals surface area contributed by atoms with Crippen LogP contribution in [-0.4, -0.2) is 40.7 Å². The number of pyridine rings is 1. The summed E-state index contributed by atoms with van der Waals surface area (Å²) < 4.78 is 42.6. The van der Waals surface area contributed by atoms with Gasteiger partial charge >= 0.3 is 6.18 Å². The van der Waals surface area contributed by atoms with Gasteiger partial charge in [-0.15, -0.1) is 0 Å². The van der Waals surface area contributed by atoms with Crippen molar-refractivity contribution >= 4 is 11.8 Å². The lowest BCUT2D eigenvalue weighted by molar-refractivity contribution is -0.137. The summed E-state index contributed by atoms with van der Waals surface area (Å²) in [6, 6.07) is 19.2. The van der Waals surface area contributed by atoms with Gasteiger partial charge in [-0.05, 0) is 36.8 Å². The Morgan fingerprint density at radius 1 is 0.946 bits per heavy atom. The Bertz CT molecular complexity index is 1360. The van der Waals surface area contributed by atoms with E-state index in [0.717, 1.165) is 55.0 Å². The first-order chi connectivity index (χ1) is 17.8. The van der Waals surface area contributed by atoms with E-state index in [1.165, 1.54) is 12.1 Å². The Balaban J connectivity index is 1.58. The van der Waals surface area contributed by atoms with Gasteiger partial charge in [0.25, 0.3) is 0 Å². The van der Waals surface area contributed by atoms with Crippen LogP contribution < -0.4 is 15.5 Å². The average molecular weight is 507 g/mol. The molecule has 1 aliphatic heterocycles. The SMILES string of the molecule is C[C@H](Nc1cc(-c2c(-c3cccc(C(F)(F)F)c3)nc(N3CCNCC3)n2C)ccn1)c1ccccc1. The Labute approximate surface area is 214 Å². The number of aromatic nitrogens is 3. The predicted molar refractivity (Wildman–Crippen MR) is 140 cm³/mol. The monoisotopic (exact) mass is 506 g/mol. The van der Waals surface area contributed by atoms with Crippen molar-refractivity contribution in [3.63, 3.8) is 0 Å². The molecule has 4 aromatic rings. The largest absolute Gasteiger partial charge is 0.416 e. The Morgan fingerprint density at radius 2 is 1.70 bits per heavy atom. The molecule has 5 rings (SSSR count). The zero-order valence-corrected chi connectivity index (χ0v) is 20.8. The van der Waals surface area contributed by atoms with Crippen LogP contribution >= 0.6 is 0 Å². The molecule has 0 saturated carbocycles. The van der Waals surface area contributed by atoms with E-state index in [-0.39, 0.29) is 6.04 Å². The van der Waals surface area contributed by atoms with Crippen LogP contribution in [0.2, 0.25) is 0 Å². The quantitative estimate of drug-likeness (QED) is 0.349. The lowest BCUT2D eigenvalue weighted by Crippen LogP contribution is -2.44. The Morgan fingerprint density at radius 3 is 2.43 bits per heavy atom. The van der Waals surface area contributed by atoms with E-state index in [1.54, 1.807) is 12.3 Å². The van der Waals surface area contributed by atoms with Crippen molar-refractivity contribution in [2.45, 2.75) is 19.1 Å². The van der Waals surface area contributed by atoms with E-state index in [1.807, 2.05) is 54.1 Å². The molecule has 0 aliphatic carbocycles. The number of imidazole rings is 1. The van der Waals surface area contributed by atoms with Crippen molar-refractivity contribution in [1.82, 2.24) is 19.9 Å². The molecule has 1 fully saturated rings. The first-order valence-corrected chi connectivity index (χ1v) is 12.3. The number of benzene rings is 2. The van der Waals surface area contributed by atoms with Gasteiger partial charge in [0.05, 0.1) is 17.0 Å². The molecule has 0 radical (unpaired) electrons. The van der Waals surface area contributed by atoms with Gasteiger partial charge in [-0.1, -0.05) is 42.5 Å². The van der Waals surface area contributed by atoms with Gasteiger partial charge in [-0.3, -0.25) is 0 Å². The van der Waals surface area contributed by atoms with E-state index < -0.39 is 11.7 Å². The molecule has 192 valence electrons. The maximum absolute atomic E-state index is 13.5. The molecule has 1 saturated heterocycles. The fourth-order valence-electron chi connectivity index (χ4n) is 4.71. The number of hydrogen-bond donors (Lipinski definition) is 2. The zero-order chi connectivity index (χ0) is 26.0. The number of alkyl halides is 3. The molecule has 2 aromatic carbocycles.